The van der Waals surface area contributed by atoms with Gasteiger partial charge in [-0.25, -0.2) is 0 Å². The van der Waals surface area contributed by atoms with Crippen molar-refractivity contribution in [1.82, 2.24) is 20.5 Å². The van der Waals surface area contributed by atoms with Crippen molar-refractivity contribution in [2.24, 2.45) is 0 Å². The molecule has 94 valence electrons. The van der Waals surface area contributed by atoms with Crippen LogP contribution in [0.2, 0.25) is 0 Å². The average Bonchev–Trinajstić information content (AvgIpc) is 2.85. The number of aromatic nitrogens is 3. The van der Waals surface area contributed by atoms with Crippen LogP contribution in [0, 0.1) is 0 Å². The van der Waals surface area contributed by atoms with Gasteiger partial charge in [-0.3, -0.25) is 4.79 Å². The lowest BCUT2D eigenvalue weighted by atomic mass is 10.2. The fourth-order valence-corrected chi connectivity index (χ4v) is 2.20. The molecule has 2 rings (SSSR count). The molecular formula is C11H11BrN4OS. The summed E-state index contributed by atoms with van der Waals surface area (Å²) < 4.78 is 1.01. The molecule has 0 atom stereocenters. The normalized spacial score (nSPS) is 10.3. The van der Waals surface area contributed by atoms with Gasteiger partial charge in [0.2, 0.25) is 5.91 Å². The predicted molar refractivity (Wildman–Crippen MR) is 74.3 cm³/mol. The van der Waals surface area contributed by atoms with Gasteiger partial charge in [0, 0.05) is 17.1 Å². The van der Waals surface area contributed by atoms with E-state index < -0.39 is 0 Å². The van der Waals surface area contributed by atoms with Gasteiger partial charge in [-0.15, -0.1) is 10.2 Å². The third-order valence-corrected chi connectivity index (χ3v) is 3.59. The molecule has 5 nitrogen and oxygen atoms in total. The van der Waals surface area contributed by atoms with E-state index in [2.05, 4.69) is 36.4 Å². The highest BCUT2D eigenvalue weighted by atomic mass is 79.9. The number of hydrogen-bond donors (Lipinski definition) is 2. The Morgan fingerprint density at radius 3 is 2.78 bits per heavy atom. The number of benzene rings is 1. The molecule has 0 fully saturated rings. The number of H-pyrrole nitrogens is 1. The maximum atomic E-state index is 11.1. The molecule has 0 aliphatic carbocycles. The summed E-state index contributed by atoms with van der Waals surface area (Å²) in [7, 11) is 1.61. The van der Waals surface area contributed by atoms with Crippen LogP contribution in [0.25, 0.3) is 11.4 Å². The van der Waals surface area contributed by atoms with Gasteiger partial charge >= 0.3 is 0 Å². The van der Waals surface area contributed by atoms with E-state index in [4.69, 9.17) is 0 Å². The summed E-state index contributed by atoms with van der Waals surface area (Å²) in [5.74, 6) is 0.981. The smallest absolute Gasteiger partial charge is 0.230 e. The van der Waals surface area contributed by atoms with Crippen LogP contribution in [0.4, 0.5) is 0 Å². The Hall–Kier alpha value is -1.34. The maximum absolute atomic E-state index is 11.1. The summed E-state index contributed by atoms with van der Waals surface area (Å²) >= 11 is 4.70. The zero-order valence-corrected chi connectivity index (χ0v) is 12.0. The monoisotopic (exact) mass is 326 g/mol. The van der Waals surface area contributed by atoms with Crippen LogP contribution in [-0.4, -0.2) is 33.9 Å². The average molecular weight is 327 g/mol. The zero-order chi connectivity index (χ0) is 13.0. The molecule has 1 heterocycles. The van der Waals surface area contributed by atoms with E-state index in [1.165, 1.54) is 11.8 Å². The van der Waals surface area contributed by atoms with Crippen molar-refractivity contribution in [2.75, 3.05) is 12.8 Å². The van der Waals surface area contributed by atoms with E-state index in [9.17, 15) is 4.79 Å². The molecule has 0 unspecified atom stereocenters. The van der Waals surface area contributed by atoms with Gasteiger partial charge < -0.3 is 10.3 Å². The molecule has 0 radical (unpaired) electrons. The largest absolute Gasteiger partial charge is 0.358 e. The Kier molecular flexibility index (Phi) is 4.38. The van der Waals surface area contributed by atoms with Gasteiger partial charge in [0.1, 0.15) is 0 Å². The molecule has 0 bridgehead atoms. The number of carbonyl (C=O) groups is 1. The topological polar surface area (TPSA) is 70.7 Å². The van der Waals surface area contributed by atoms with Crippen LogP contribution >= 0.6 is 27.7 Å². The highest BCUT2D eigenvalue weighted by Gasteiger charge is 2.07. The Morgan fingerprint density at radius 2 is 2.11 bits per heavy atom. The number of aromatic amines is 1. The summed E-state index contributed by atoms with van der Waals surface area (Å²) in [4.78, 5) is 14.2. The molecule has 1 amide bonds. The van der Waals surface area contributed by atoms with Crippen LogP contribution in [0.5, 0.6) is 0 Å². The van der Waals surface area contributed by atoms with E-state index in [-0.39, 0.29) is 5.91 Å². The molecule has 1 aromatic carbocycles. The lowest BCUT2D eigenvalue weighted by Gasteiger charge is -1.97. The number of hydrogen-bond acceptors (Lipinski definition) is 4. The van der Waals surface area contributed by atoms with Crippen molar-refractivity contribution >= 4 is 33.6 Å². The first kappa shape index (κ1) is 13.1. The summed E-state index contributed by atoms with van der Waals surface area (Å²) in [6.45, 7) is 0. The molecule has 0 aliphatic rings. The van der Waals surface area contributed by atoms with Gasteiger partial charge in [-0.2, -0.15) is 0 Å². The third kappa shape index (κ3) is 3.33. The van der Waals surface area contributed by atoms with E-state index in [1.54, 1.807) is 7.05 Å². The van der Waals surface area contributed by atoms with Gasteiger partial charge in [0.05, 0.1) is 5.75 Å². The molecular weight excluding hydrogens is 316 g/mol. The zero-order valence-electron chi connectivity index (χ0n) is 9.61. The molecule has 7 heteroatoms. The summed E-state index contributed by atoms with van der Waals surface area (Å²) in [6.07, 6.45) is 0. The highest BCUT2D eigenvalue weighted by Crippen LogP contribution is 2.20. The van der Waals surface area contributed by atoms with E-state index in [0.717, 1.165) is 10.0 Å². The first-order valence-electron chi connectivity index (χ1n) is 5.21. The third-order valence-electron chi connectivity index (χ3n) is 2.20. The Balaban J connectivity index is 2.06. The minimum atomic E-state index is -0.0402. The van der Waals surface area contributed by atoms with Crippen molar-refractivity contribution in [3.05, 3.63) is 28.7 Å². The number of rotatable bonds is 4. The number of halogens is 1. The fourth-order valence-electron chi connectivity index (χ4n) is 1.26. The van der Waals surface area contributed by atoms with Crippen LogP contribution in [0.1, 0.15) is 0 Å². The number of thioether (sulfide) groups is 1. The summed E-state index contributed by atoms with van der Waals surface area (Å²) in [5.41, 5.74) is 0.956. The van der Waals surface area contributed by atoms with E-state index in [1.807, 2.05) is 24.3 Å². The number of carbonyl (C=O) groups excluding carboxylic acids is 1. The van der Waals surface area contributed by atoms with Crippen molar-refractivity contribution in [1.29, 1.82) is 0 Å². The number of nitrogens with one attached hydrogen (secondary N) is 2. The lowest BCUT2D eigenvalue weighted by Crippen LogP contribution is -2.19. The second-order valence-electron chi connectivity index (χ2n) is 3.45. The molecule has 0 saturated heterocycles. The standard InChI is InChI=1S/C11H11BrN4OS/c1-13-9(17)6-18-11-14-10(15-16-11)7-2-4-8(12)5-3-7/h2-5H,6H2,1H3,(H,13,17)(H,14,15,16). The van der Waals surface area contributed by atoms with Gasteiger partial charge in [-0.1, -0.05) is 39.8 Å². The highest BCUT2D eigenvalue weighted by molar-refractivity contribution is 9.10. The van der Waals surface area contributed by atoms with E-state index >= 15 is 0 Å². The van der Waals surface area contributed by atoms with Gasteiger partial charge in [-0.05, 0) is 12.1 Å². The summed E-state index contributed by atoms with van der Waals surface area (Å²) in [5, 5.41) is 11.2. The lowest BCUT2D eigenvalue weighted by molar-refractivity contribution is -0.118. The predicted octanol–water partition coefficient (Wildman–Crippen LogP) is 2.07. The molecule has 0 saturated carbocycles. The second kappa shape index (κ2) is 6.01. The fraction of sp³-hybridized carbons (Fsp3) is 0.182. The van der Waals surface area contributed by atoms with E-state index in [0.29, 0.717) is 16.7 Å². The number of amides is 1. The number of nitrogens with zero attached hydrogens (tertiary/aromatic N) is 2. The van der Waals surface area contributed by atoms with Crippen LogP contribution < -0.4 is 5.32 Å². The molecule has 1 aromatic heterocycles. The van der Waals surface area contributed by atoms with Gasteiger partial charge in [0.25, 0.3) is 0 Å². The molecule has 2 aromatic rings. The Morgan fingerprint density at radius 1 is 1.39 bits per heavy atom. The second-order valence-corrected chi connectivity index (χ2v) is 5.33. The van der Waals surface area contributed by atoms with Gasteiger partial charge in [0.15, 0.2) is 11.0 Å². The Labute approximate surface area is 117 Å². The quantitative estimate of drug-likeness (QED) is 0.844. The SMILES string of the molecule is CNC(=O)CSc1nnc(-c2ccc(Br)cc2)[nH]1. The first-order valence-corrected chi connectivity index (χ1v) is 6.99. The Bertz CT molecular complexity index is 540. The van der Waals surface area contributed by atoms with Crippen molar-refractivity contribution in [3.63, 3.8) is 0 Å². The molecule has 2 N–H and O–H groups in total. The molecule has 0 aliphatic heterocycles. The summed E-state index contributed by atoms with van der Waals surface area (Å²) in [6, 6.07) is 7.76. The van der Waals surface area contributed by atoms with Crippen molar-refractivity contribution in [3.8, 4) is 11.4 Å². The molecule has 18 heavy (non-hydrogen) atoms. The minimum Gasteiger partial charge on any atom is -0.358 e. The maximum Gasteiger partial charge on any atom is 0.230 e. The van der Waals surface area contributed by atoms with Crippen molar-refractivity contribution in [2.45, 2.75) is 5.16 Å². The van der Waals surface area contributed by atoms with Crippen LogP contribution in [0.3, 0.4) is 0 Å². The minimum absolute atomic E-state index is 0.0402. The first-order chi connectivity index (χ1) is 8.69. The van der Waals surface area contributed by atoms with Crippen molar-refractivity contribution < 1.29 is 4.79 Å². The van der Waals surface area contributed by atoms with Crippen LogP contribution in [0.15, 0.2) is 33.9 Å². The van der Waals surface area contributed by atoms with Crippen LogP contribution in [-0.2, 0) is 4.79 Å². The molecule has 0 spiro atoms.